The van der Waals surface area contributed by atoms with Crippen molar-refractivity contribution in [2.75, 3.05) is 18.4 Å². The number of piperidine rings is 1. The van der Waals surface area contributed by atoms with Crippen LogP contribution in [0.15, 0.2) is 48.5 Å². The monoisotopic (exact) mass is 350 g/mol. The van der Waals surface area contributed by atoms with Gasteiger partial charge in [0.05, 0.1) is 6.42 Å². The van der Waals surface area contributed by atoms with Crippen LogP contribution in [0, 0.1) is 19.8 Å². The summed E-state index contributed by atoms with van der Waals surface area (Å²) in [4.78, 5) is 26.8. The summed E-state index contributed by atoms with van der Waals surface area (Å²) in [7, 11) is 0. The van der Waals surface area contributed by atoms with E-state index in [2.05, 4.69) is 5.32 Å². The number of likely N-dealkylation sites (tertiary alicyclic amines) is 1. The lowest BCUT2D eigenvalue weighted by molar-refractivity contribution is -0.133. The molecule has 0 spiro atoms. The highest BCUT2D eigenvalue weighted by Crippen LogP contribution is 2.20. The zero-order valence-electron chi connectivity index (χ0n) is 15.5. The lowest BCUT2D eigenvalue weighted by Gasteiger charge is -2.31. The number of carbonyl (C=O) groups excluding carboxylic acids is 2. The number of benzene rings is 2. The Morgan fingerprint density at radius 3 is 2.04 bits per heavy atom. The van der Waals surface area contributed by atoms with E-state index in [1.165, 1.54) is 11.1 Å². The van der Waals surface area contributed by atoms with E-state index >= 15 is 0 Å². The van der Waals surface area contributed by atoms with Crippen LogP contribution >= 0.6 is 0 Å². The van der Waals surface area contributed by atoms with Gasteiger partial charge in [0.25, 0.3) is 0 Å². The van der Waals surface area contributed by atoms with Crippen LogP contribution in [0.3, 0.4) is 0 Å². The molecule has 0 aliphatic carbocycles. The summed E-state index contributed by atoms with van der Waals surface area (Å²) in [5.74, 6) is 0.172. The topological polar surface area (TPSA) is 49.4 Å². The molecule has 0 bridgehead atoms. The van der Waals surface area contributed by atoms with Crippen molar-refractivity contribution in [1.82, 2.24) is 4.90 Å². The Hall–Kier alpha value is -2.62. The summed E-state index contributed by atoms with van der Waals surface area (Å²) >= 11 is 0. The van der Waals surface area contributed by atoms with Gasteiger partial charge >= 0.3 is 0 Å². The third-order valence-electron chi connectivity index (χ3n) is 5.01. The van der Waals surface area contributed by atoms with Crippen molar-refractivity contribution in [2.45, 2.75) is 33.1 Å². The van der Waals surface area contributed by atoms with Crippen molar-refractivity contribution < 1.29 is 9.59 Å². The van der Waals surface area contributed by atoms with E-state index in [0.717, 1.165) is 24.1 Å². The third-order valence-corrected chi connectivity index (χ3v) is 5.01. The molecule has 0 aromatic heterocycles. The zero-order chi connectivity index (χ0) is 18.5. The van der Waals surface area contributed by atoms with E-state index in [-0.39, 0.29) is 17.7 Å². The first kappa shape index (κ1) is 18.2. The molecule has 2 aromatic carbocycles. The number of rotatable bonds is 4. The van der Waals surface area contributed by atoms with Crippen molar-refractivity contribution in [3.05, 3.63) is 65.2 Å². The number of anilines is 1. The number of hydrogen-bond acceptors (Lipinski definition) is 2. The highest BCUT2D eigenvalue weighted by atomic mass is 16.2. The fourth-order valence-corrected chi connectivity index (χ4v) is 3.26. The van der Waals surface area contributed by atoms with Crippen molar-refractivity contribution in [2.24, 2.45) is 5.92 Å². The molecule has 1 saturated heterocycles. The van der Waals surface area contributed by atoms with Crippen molar-refractivity contribution in [3.63, 3.8) is 0 Å². The second kappa shape index (κ2) is 8.17. The standard InChI is InChI=1S/C22H26N2O2/c1-16-3-7-18(8-4-16)15-21(25)24-13-11-19(12-14-24)22(26)23-20-9-5-17(2)6-10-20/h3-10,19H,11-15H2,1-2H3,(H,23,26). The van der Waals surface area contributed by atoms with Gasteiger partial charge in [0.2, 0.25) is 11.8 Å². The largest absolute Gasteiger partial charge is 0.342 e. The van der Waals surface area contributed by atoms with Crippen LogP contribution in [0.4, 0.5) is 5.69 Å². The van der Waals surface area contributed by atoms with E-state index in [1.807, 2.05) is 67.3 Å². The second-order valence-electron chi connectivity index (χ2n) is 7.17. The van der Waals surface area contributed by atoms with E-state index in [1.54, 1.807) is 0 Å². The fraction of sp³-hybridized carbons (Fsp3) is 0.364. The molecule has 3 rings (SSSR count). The van der Waals surface area contributed by atoms with Crippen LogP contribution in [0.5, 0.6) is 0 Å². The quantitative estimate of drug-likeness (QED) is 0.913. The van der Waals surface area contributed by atoms with Crippen molar-refractivity contribution in [3.8, 4) is 0 Å². The average Bonchev–Trinajstić information content (AvgIpc) is 2.65. The number of amides is 2. The first-order valence-electron chi connectivity index (χ1n) is 9.22. The number of carbonyl (C=O) groups is 2. The van der Waals surface area contributed by atoms with Crippen LogP contribution in [-0.4, -0.2) is 29.8 Å². The molecule has 0 radical (unpaired) electrons. The Bertz CT molecular complexity index is 690. The molecular weight excluding hydrogens is 324 g/mol. The highest BCUT2D eigenvalue weighted by molar-refractivity contribution is 5.92. The van der Waals surface area contributed by atoms with Gasteiger partial charge in [-0.15, -0.1) is 0 Å². The van der Waals surface area contributed by atoms with Gasteiger partial charge in [0.1, 0.15) is 0 Å². The Balaban J connectivity index is 1.48. The van der Waals surface area contributed by atoms with Gasteiger partial charge in [0.15, 0.2) is 0 Å². The van der Waals surface area contributed by atoms with E-state index in [4.69, 9.17) is 0 Å². The minimum atomic E-state index is -0.0280. The minimum Gasteiger partial charge on any atom is -0.342 e. The van der Waals surface area contributed by atoms with Crippen LogP contribution in [0.25, 0.3) is 0 Å². The first-order chi connectivity index (χ1) is 12.5. The molecule has 0 atom stereocenters. The molecule has 0 saturated carbocycles. The molecule has 2 amide bonds. The first-order valence-corrected chi connectivity index (χ1v) is 9.22. The molecule has 1 aliphatic rings. The maximum atomic E-state index is 12.5. The van der Waals surface area contributed by atoms with Crippen LogP contribution in [0.2, 0.25) is 0 Å². The molecule has 1 N–H and O–H groups in total. The van der Waals surface area contributed by atoms with Gasteiger partial charge in [-0.3, -0.25) is 9.59 Å². The summed E-state index contributed by atoms with van der Waals surface area (Å²) in [6, 6.07) is 15.9. The van der Waals surface area contributed by atoms with Crippen LogP contribution in [0.1, 0.15) is 29.5 Å². The third kappa shape index (κ3) is 4.72. The normalized spacial score (nSPS) is 14.9. The highest BCUT2D eigenvalue weighted by Gasteiger charge is 2.27. The Labute approximate surface area is 155 Å². The number of hydrogen-bond donors (Lipinski definition) is 1. The van der Waals surface area contributed by atoms with Gasteiger partial charge in [-0.1, -0.05) is 47.5 Å². The summed E-state index contributed by atoms with van der Waals surface area (Å²) in [6.45, 7) is 5.36. The molecule has 26 heavy (non-hydrogen) atoms. The Morgan fingerprint density at radius 2 is 1.46 bits per heavy atom. The Kier molecular flexibility index (Phi) is 5.71. The summed E-state index contributed by atoms with van der Waals surface area (Å²) < 4.78 is 0. The predicted molar refractivity (Wildman–Crippen MR) is 104 cm³/mol. The second-order valence-corrected chi connectivity index (χ2v) is 7.17. The van der Waals surface area contributed by atoms with Gasteiger partial charge in [-0.25, -0.2) is 0 Å². The van der Waals surface area contributed by atoms with E-state index in [0.29, 0.717) is 19.5 Å². The van der Waals surface area contributed by atoms with Crippen LogP contribution in [-0.2, 0) is 16.0 Å². The van der Waals surface area contributed by atoms with Gasteiger partial charge in [-0.2, -0.15) is 0 Å². The summed E-state index contributed by atoms with van der Waals surface area (Å²) in [5, 5.41) is 2.99. The van der Waals surface area contributed by atoms with Crippen LogP contribution < -0.4 is 5.32 Å². The summed E-state index contributed by atoms with van der Waals surface area (Å²) in [6.07, 6.45) is 1.87. The fourth-order valence-electron chi connectivity index (χ4n) is 3.26. The number of nitrogens with zero attached hydrogens (tertiary/aromatic N) is 1. The van der Waals surface area contributed by atoms with E-state index in [9.17, 15) is 9.59 Å². The Morgan fingerprint density at radius 1 is 0.923 bits per heavy atom. The predicted octanol–water partition coefficient (Wildman–Crippen LogP) is 3.72. The van der Waals surface area contributed by atoms with Crippen molar-refractivity contribution >= 4 is 17.5 Å². The average molecular weight is 350 g/mol. The minimum absolute atomic E-state index is 0.0280. The molecule has 1 aliphatic heterocycles. The SMILES string of the molecule is Cc1ccc(CC(=O)N2CCC(C(=O)Nc3ccc(C)cc3)CC2)cc1. The smallest absolute Gasteiger partial charge is 0.227 e. The zero-order valence-corrected chi connectivity index (χ0v) is 15.5. The van der Waals surface area contributed by atoms with Gasteiger partial charge in [0, 0.05) is 24.7 Å². The maximum absolute atomic E-state index is 12.5. The lowest BCUT2D eigenvalue weighted by Crippen LogP contribution is -2.42. The molecule has 1 heterocycles. The molecule has 4 nitrogen and oxygen atoms in total. The molecule has 4 heteroatoms. The maximum Gasteiger partial charge on any atom is 0.227 e. The lowest BCUT2D eigenvalue weighted by atomic mass is 9.95. The molecule has 2 aromatic rings. The van der Waals surface area contributed by atoms with Gasteiger partial charge in [-0.05, 0) is 44.4 Å². The van der Waals surface area contributed by atoms with Crippen molar-refractivity contribution in [1.29, 1.82) is 0 Å². The molecule has 0 unspecified atom stereocenters. The molecular formula is C22H26N2O2. The van der Waals surface area contributed by atoms with E-state index < -0.39 is 0 Å². The summed E-state index contributed by atoms with van der Waals surface area (Å²) in [5.41, 5.74) is 4.24. The number of aryl methyl sites for hydroxylation is 2. The number of nitrogens with one attached hydrogen (secondary N) is 1. The molecule has 1 fully saturated rings. The molecule has 136 valence electrons. The van der Waals surface area contributed by atoms with Gasteiger partial charge < -0.3 is 10.2 Å².